The highest BCUT2D eigenvalue weighted by Crippen LogP contribution is 2.05. The number of nitrogens with one attached hydrogen (secondary N) is 1. The number of unbranched alkanes of at least 4 members (excludes halogenated alkanes) is 1. The van der Waals surface area contributed by atoms with Gasteiger partial charge in [-0.2, -0.15) is 14.9 Å². The Labute approximate surface area is 118 Å². The summed E-state index contributed by atoms with van der Waals surface area (Å²) in [6, 6.07) is 8.18. The topological polar surface area (TPSA) is 46.0 Å². The molecule has 0 radical (unpaired) electrons. The number of aromatic nitrogens is 3. The predicted molar refractivity (Wildman–Crippen MR) is 80.2 cm³/mol. The van der Waals surface area contributed by atoms with Gasteiger partial charge in [0.2, 0.25) is 4.77 Å². The Morgan fingerprint density at radius 1 is 1.47 bits per heavy atom. The van der Waals surface area contributed by atoms with E-state index in [1.807, 2.05) is 18.3 Å². The number of nitrogens with zero attached hydrogens (tertiary/aromatic N) is 3. The molecule has 100 valence electrons. The van der Waals surface area contributed by atoms with Gasteiger partial charge < -0.3 is 0 Å². The van der Waals surface area contributed by atoms with Crippen LogP contribution in [0.2, 0.25) is 0 Å². The number of H-pyrrole nitrogens is 1. The molecule has 1 aromatic carbocycles. The normalized spacial score (nSPS) is 11.3. The minimum Gasteiger partial charge on any atom is -0.250 e. The average Bonchev–Trinajstić information content (AvgIpc) is 2.75. The van der Waals surface area contributed by atoms with Crippen LogP contribution in [0.4, 0.5) is 0 Å². The number of aromatic amines is 1. The third-order valence-corrected chi connectivity index (χ3v) is 3.10. The van der Waals surface area contributed by atoms with Crippen LogP contribution in [0.5, 0.6) is 0 Å². The van der Waals surface area contributed by atoms with Crippen LogP contribution < -0.4 is 0 Å². The van der Waals surface area contributed by atoms with Gasteiger partial charge in [-0.3, -0.25) is 5.10 Å². The first kappa shape index (κ1) is 13.7. The van der Waals surface area contributed by atoms with E-state index in [1.165, 1.54) is 5.56 Å². The maximum atomic E-state index is 5.20. The van der Waals surface area contributed by atoms with Crippen LogP contribution in [0, 0.1) is 11.7 Å². The summed E-state index contributed by atoms with van der Waals surface area (Å²) in [6.07, 6.45) is 4.91. The Morgan fingerprint density at radius 3 is 3.05 bits per heavy atom. The van der Waals surface area contributed by atoms with Crippen molar-refractivity contribution in [1.29, 1.82) is 0 Å². The van der Waals surface area contributed by atoms with Gasteiger partial charge in [0.1, 0.15) is 0 Å². The van der Waals surface area contributed by atoms with Crippen LogP contribution >= 0.6 is 12.2 Å². The van der Waals surface area contributed by atoms with E-state index in [-0.39, 0.29) is 0 Å². The highest BCUT2D eigenvalue weighted by molar-refractivity contribution is 7.71. The van der Waals surface area contributed by atoms with Crippen molar-refractivity contribution in [2.75, 3.05) is 0 Å². The summed E-state index contributed by atoms with van der Waals surface area (Å²) in [5, 5.41) is 11.4. The molecule has 0 aliphatic heterocycles. The standard InChI is InChI=1S/C14H18N4S/c1-3-4-8-13-16-17-14(19)18(13)15-10-12-7-5-6-11(2)9-12/h5-7,9-10H,3-4,8H2,1-2H3,(H,17,19)/b15-10-. The lowest BCUT2D eigenvalue weighted by Gasteiger charge is -1.99. The van der Waals surface area contributed by atoms with E-state index < -0.39 is 0 Å². The fraction of sp³-hybridized carbons (Fsp3) is 0.357. The van der Waals surface area contributed by atoms with Crippen molar-refractivity contribution in [3.05, 3.63) is 46.0 Å². The molecule has 5 heteroatoms. The molecule has 2 aromatic rings. The minimum absolute atomic E-state index is 0.537. The zero-order valence-corrected chi connectivity index (χ0v) is 12.1. The fourth-order valence-electron chi connectivity index (χ4n) is 1.81. The zero-order valence-electron chi connectivity index (χ0n) is 11.3. The summed E-state index contributed by atoms with van der Waals surface area (Å²) in [5.41, 5.74) is 2.27. The van der Waals surface area contributed by atoms with Crippen LogP contribution in [-0.2, 0) is 6.42 Å². The van der Waals surface area contributed by atoms with E-state index in [4.69, 9.17) is 12.2 Å². The Bertz CT molecular complexity index is 624. The van der Waals surface area contributed by atoms with Gasteiger partial charge in [0.05, 0.1) is 6.21 Å². The highest BCUT2D eigenvalue weighted by atomic mass is 32.1. The second-order valence-electron chi connectivity index (χ2n) is 4.52. The molecule has 0 amide bonds. The van der Waals surface area contributed by atoms with E-state index in [9.17, 15) is 0 Å². The summed E-state index contributed by atoms with van der Waals surface area (Å²) in [6.45, 7) is 4.22. The Hall–Kier alpha value is -1.75. The van der Waals surface area contributed by atoms with Crippen LogP contribution in [0.25, 0.3) is 0 Å². The van der Waals surface area contributed by atoms with Crippen molar-refractivity contribution in [3.63, 3.8) is 0 Å². The molecule has 0 saturated heterocycles. The molecule has 4 nitrogen and oxygen atoms in total. The average molecular weight is 274 g/mol. The third kappa shape index (κ3) is 3.61. The molecule has 1 N–H and O–H groups in total. The van der Waals surface area contributed by atoms with Gasteiger partial charge in [-0.05, 0) is 31.1 Å². The predicted octanol–water partition coefficient (Wildman–Crippen LogP) is 3.47. The number of hydrogen-bond acceptors (Lipinski definition) is 3. The molecule has 1 heterocycles. The smallest absolute Gasteiger partial charge is 0.216 e. The van der Waals surface area contributed by atoms with Crippen LogP contribution in [0.3, 0.4) is 0 Å². The first-order valence-electron chi connectivity index (χ1n) is 6.48. The molecule has 0 atom stereocenters. The number of rotatable bonds is 5. The molecule has 0 bridgehead atoms. The maximum Gasteiger partial charge on any atom is 0.216 e. The van der Waals surface area contributed by atoms with Gasteiger partial charge in [-0.25, -0.2) is 0 Å². The molecule has 19 heavy (non-hydrogen) atoms. The Morgan fingerprint density at radius 2 is 2.32 bits per heavy atom. The fourth-order valence-corrected chi connectivity index (χ4v) is 2.01. The number of hydrogen-bond donors (Lipinski definition) is 1. The van der Waals surface area contributed by atoms with Crippen molar-refractivity contribution in [1.82, 2.24) is 14.9 Å². The van der Waals surface area contributed by atoms with Gasteiger partial charge in [-0.15, -0.1) is 0 Å². The molecule has 0 spiro atoms. The van der Waals surface area contributed by atoms with Gasteiger partial charge in [0.15, 0.2) is 5.82 Å². The minimum atomic E-state index is 0.537. The third-order valence-electron chi connectivity index (χ3n) is 2.84. The van der Waals surface area contributed by atoms with Crippen molar-refractivity contribution in [3.8, 4) is 0 Å². The molecule has 0 aliphatic carbocycles. The van der Waals surface area contributed by atoms with E-state index in [0.717, 1.165) is 30.7 Å². The molecule has 0 aliphatic rings. The van der Waals surface area contributed by atoms with Crippen molar-refractivity contribution in [2.45, 2.75) is 33.1 Å². The van der Waals surface area contributed by atoms with Gasteiger partial charge >= 0.3 is 0 Å². The second kappa shape index (κ2) is 6.43. The second-order valence-corrected chi connectivity index (χ2v) is 4.91. The summed E-state index contributed by atoms with van der Waals surface area (Å²) in [7, 11) is 0. The lowest BCUT2D eigenvalue weighted by atomic mass is 10.2. The van der Waals surface area contributed by atoms with Crippen molar-refractivity contribution in [2.24, 2.45) is 5.10 Å². The molecule has 0 fully saturated rings. The van der Waals surface area contributed by atoms with Gasteiger partial charge in [0.25, 0.3) is 0 Å². The van der Waals surface area contributed by atoms with Crippen molar-refractivity contribution < 1.29 is 0 Å². The summed E-state index contributed by atoms with van der Waals surface area (Å²) in [5.74, 6) is 0.885. The molecular formula is C14H18N4S. The monoisotopic (exact) mass is 274 g/mol. The SMILES string of the molecule is CCCCc1n[nH]c(=S)n1/N=C\c1cccc(C)c1. The van der Waals surface area contributed by atoms with Crippen LogP contribution in [-0.4, -0.2) is 21.1 Å². The van der Waals surface area contributed by atoms with E-state index in [1.54, 1.807) is 4.68 Å². The molecule has 0 saturated carbocycles. The first-order valence-corrected chi connectivity index (χ1v) is 6.89. The number of aryl methyl sites for hydroxylation is 2. The van der Waals surface area contributed by atoms with E-state index >= 15 is 0 Å². The quantitative estimate of drug-likeness (QED) is 0.670. The molecular weight excluding hydrogens is 256 g/mol. The Balaban J connectivity index is 2.23. The highest BCUT2D eigenvalue weighted by Gasteiger charge is 2.03. The molecule has 2 rings (SSSR count). The lowest BCUT2D eigenvalue weighted by molar-refractivity contribution is 0.700. The van der Waals surface area contributed by atoms with E-state index in [2.05, 4.69) is 41.3 Å². The molecule has 0 unspecified atom stereocenters. The maximum absolute atomic E-state index is 5.20. The number of benzene rings is 1. The zero-order chi connectivity index (χ0) is 13.7. The lowest BCUT2D eigenvalue weighted by Crippen LogP contribution is -1.99. The first-order chi connectivity index (χ1) is 9.20. The summed E-state index contributed by atoms with van der Waals surface area (Å²) >= 11 is 5.20. The molecule has 1 aromatic heterocycles. The van der Waals surface area contributed by atoms with Crippen LogP contribution in [0.15, 0.2) is 29.4 Å². The van der Waals surface area contributed by atoms with Gasteiger partial charge in [-0.1, -0.05) is 43.2 Å². The summed E-state index contributed by atoms with van der Waals surface area (Å²) < 4.78 is 2.24. The Kier molecular flexibility index (Phi) is 4.63. The van der Waals surface area contributed by atoms with Gasteiger partial charge in [0, 0.05) is 6.42 Å². The van der Waals surface area contributed by atoms with Crippen molar-refractivity contribution >= 4 is 18.4 Å². The van der Waals surface area contributed by atoms with Crippen LogP contribution in [0.1, 0.15) is 36.7 Å². The largest absolute Gasteiger partial charge is 0.250 e. The summed E-state index contributed by atoms with van der Waals surface area (Å²) in [4.78, 5) is 0. The van der Waals surface area contributed by atoms with E-state index in [0.29, 0.717) is 4.77 Å².